The molecule has 8 heteroatoms. The highest BCUT2D eigenvalue weighted by molar-refractivity contribution is 5.94. The lowest BCUT2D eigenvalue weighted by atomic mass is 10.1. The number of carbonyl (C=O) groups is 1. The van der Waals surface area contributed by atoms with Gasteiger partial charge < -0.3 is 15.4 Å². The Balaban J connectivity index is 1.66. The van der Waals surface area contributed by atoms with E-state index in [-0.39, 0.29) is 5.91 Å². The number of pyridine rings is 1. The van der Waals surface area contributed by atoms with Gasteiger partial charge in [0.15, 0.2) is 0 Å². The van der Waals surface area contributed by atoms with Crippen LogP contribution in [0.2, 0.25) is 0 Å². The average molecular weight is 381 g/mol. The average Bonchev–Trinajstić information content (AvgIpc) is 2.74. The van der Waals surface area contributed by atoms with E-state index in [1.54, 1.807) is 38.4 Å². The number of rotatable bonds is 7. The Bertz CT molecular complexity index is 963. The number of ether oxygens (including phenoxy) is 1. The molecule has 0 bridgehead atoms. The number of amides is 1. The summed E-state index contributed by atoms with van der Waals surface area (Å²) in [6.45, 7) is 0.605. The van der Waals surface area contributed by atoms with Crippen LogP contribution in [0.3, 0.4) is 0 Å². The molecule has 0 aliphatic rings. The van der Waals surface area contributed by atoms with Crippen molar-refractivity contribution < 1.29 is 13.9 Å². The number of halogens is 1. The molecule has 0 saturated heterocycles. The molecule has 2 N–H and O–H groups in total. The van der Waals surface area contributed by atoms with E-state index >= 15 is 0 Å². The first-order valence-electron chi connectivity index (χ1n) is 8.67. The summed E-state index contributed by atoms with van der Waals surface area (Å²) in [7, 11) is 3.16. The fourth-order valence-electron chi connectivity index (χ4n) is 2.70. The monoisotopic (exact) mass is 381 g/mol. The van der Waals surface area contributed by atoms with Crippen LogP contribution >= 0.6 is 0 Å². The Hall–Kier alpha value is -3.55. The summed E-state index contributed by atoms with van der Waals surface area (Å²) in [5.74, 6) is 0.609. The Morgan fingerprint density at radius 3 is 2.71 bits per heavy atom. The molecule has 1 aromatic carbocycles. The van der Waals surface area contributed by atoms with Crippen LogP contribution in [0.1, 0.15) is 15.9 Å². The second-order valence-corrected chi connectivity index (χ2v) is 5.94. The van der Waals surface area contributed by atoms with Crippen molar-refractivity contribution in [2.24, 2.45) is 0 Å². The van der Waals surface area contributed by atoms with Crippen LogP contribution in [0.15, 0.2) is 48.9 Å². The summed E-state index contributed by atoms with van der Waals surface area (Å²) in [5.41, 5.74) is 2.87. The predicted molar refractivity (Wildman–Crippen MR) is 104 cm³/mol. The molecule has 0 fully saturated rings. The fourth-order valence-corrected chi connectivity index (χ4v) is 2.70. The standard InChI is InChI=1S/C20H20FN5O2/c1-22-20(27)14-4-3-13(17(9-14)28-2)7-8-23-19-10-16(25-12-26-19)15-5-6-18(21)24-11-15/h3-6,9-12H,7-8H2,1-2H3,(H,22,27)(H,23,25,26). The van der Waals surface area contributed by atoms with E-state index < -0.39 is 5.95 Å². The molecular weight excluding hydrogens is 361 g/mol. The number of aromatic nitrogens is 3. The normalized spacial score (nSPS) is 10.4. The van der Waals surface area contributed by atoms with Crippen molar-refractivity contribution in [1.82, 2.24) is 20.3 Å². The molecule has 0 aliphatic carbocycles. The third-order valence-corrected chi connectivity index (χ3v) is 4.17. The van der Waals surface area contributed by atoms with Crippen molar-refractivity contribution in [3.05, 3.63) is 66.0 Å². The van der Waals surface area contributed by atoms with Gasteiger partial charge in [0.05, 0.1) is 12.8 Å². The highest BCUT2D eigenvalue weighted by Gasteiger charge is 2.09. The van der Waals surface area contributed by atoms with Crippen LogP contribution in [0.5, 0.6) is 5.75 Å². The van der Waals surface area contributed by atoms with E-state index in [9.17, 15) is 9.18 Å². The van der Waals surface area contributed by atoms with Crippen LogP contribution in [0, 0.1) is 5.95 Å². The topological polar surface area (TPSA) is 89.0 Å². The number of hydrogen-bond acceptors (Lipinski definition) is 6. The first-order chi connectivity index (χ1) is 13.6. The second-order valence-electron chi connectivity index (χ2n) is 5.94. The van der Waals surface area contributed by atoms with Crippen LogP contribution < -0.4 is 15.4 Å². The molecule has 0 aliphatic heterocycles. The summed E-state index contributed by atoms with van der Waals surface area (Å²) in [6.07, 6.45) is 3.55. The van der Waals surface area contributed by atoms with Gasteiger partial charge in [-0.05, 0) is 36.2 Å². The minimum atomic E-state index is -0.535. The fraction of sp³-hybridized carbons (Fsp3) is 0.200. The van der Waals surface area contributed by atoms with Gasteiger partial charge in [-0.3, -0.25) is 4.79 Å². The molecule has 0 radical (unpaired) electrons. The molecule has 144 valence electrons. The highest BCUT2D eigenvalue weighted by Crippen LogP contribution is 2.22. The zero-order valence-corrected chi connectivity index (χ0v) is 15.6. The maximum atomic E-state index is 13.0. The van der Waals surface area contributed by atoms with Gasteiger partial charge in [-0.15, -0.1) is 0 Å². The number of hydrogen-bond donors (Lipinski definition) is 2. The molecule has 0 unspecified atom stereocenters. The molecule has 7 nitrogen and oxygen atoms in total. The maximum Gasteiger partial charge on any atom is 0.251 e. The van der Waals surface area contributed by atoms with E-state index in [0.29, 0.717) is 41.4 Å². The third kappa shape index (κ3) is 4.59. The summed E-state index contributed by atoms with van der Waals surface area (Å²) in [5, 5.41) is 5.83. The quantitative estimate of drug-likeness (QED) is 0.612. The van der Waals surface area contributed by atoms with Crippen molar-refractivity contribution in [3.63, 3.8) is 0 Å². The number of benzene rings is 1. The third-order valence-electron chi connectivity index (χ3n) is 4.17. The molecule has 2 aromatic heterocycles. The van der Waals surface area contributed by atoms with Crippen molar-refractivity contribution in [3.8, 4) is 17.0 Å². The van der Waals surface area contributed by atoms with E-state index in [4.69, 9.17) is 4.74 Å². The van der Waals surface area contributed by atoms with E-state index in [0.717, 1.165) is 5.56 Å². The summed E-state index contributed by atoms with van der Waals surface area (Å²) in [4.78, 5) is 23.8. The van der Waals surface area contributed by atoms with Crippen molar-refractivity contribution in [2.45, 2.75) is 6.42 Å². The lowest BCUT2D eigenvalue weighted by Gasteiger charge is -2.11. The van der Waals surface area contributed by atoms with Crippen molar-refractivity contribution in [2.75, 3.05) is 26.0 Å². The van der Waals surface area contributed by atoms with Crippen LogP contribution in [-0.2, 0) is 6.42 Å². The van der Waals surface area contributed by atoms with Crippen LogP contribution in [-0.4, -0.2) is 41.6 Å². The minimum Gasteiger partial charge on any atom is -0.496 e. The Morgan fingerprint density at radius 2 is 2.00 bits per heavy atom. The molecule has 1 amide bonds. The Kier molecular flexibility index (Phi) is 6.11. The first kappa shape index (κ1) is 19.2. The smallest absolute Gasteiger partial charge is 0.251 e. The van der Waals surface area contributed by atoms with Gasteiger partial charge in [0.1, 0.15) is 17.9 Å². The Labute approximate surface area is 162 Å². The molecule has 28 heavy (non-hydrogen) atoms. The minimum absolute atomic E-state index is 0.160. The SMILES string of the molecule is CNC(=O)c1ccc(CCNc2cc(-c3ccc(F)nc3)ncn2)c(OC)c1. The van der Waals surface area contributed by atoms with Gasteiger partial charge >= 0.3 is 0 Å². The van der Waals surface area contributed by atoms with Gasteiger partial charge in [0.25, 0.3) is 5.91 Å². The van der Waals surface area contributed by atoms with E-state index in [1.807, 2.05) is 6.07 Å². The molecule has 3 rings (SSSR count). The summed E-state index contributed by atoms with van der Waals surface area (Å²) in [6, 6.07) is 10.0. The molecule has 0 saturated carbocycles. The lowest BCUT2D eigenvalue weighted by Crippen LogP contribution is -2.18. The number of methoxy groups -OCH3 is 1. The number of carbonyl (C=O) groups excluding carboxylic acids is 1. The Morgan fingerprint density at radius 1 is 1.14 bits per heavy atom. The number of nitrogens with zero attached hydrogens (tertiary/aromatic N) is 3. The molecule has 3 aromatic rings. The second kappa shape index (κ2) is 8.90. The van der Waals surface area contributed by atoms with Gasteiger partial charge in [0.2, 0.25) is 5.95 Å². The van der Waals surface area contributed by atoms with Crippen molar-refractivity contribution >= 4 is 11.7 Å². The van der Waals surface area contributed by atoms with Crippen molar-refractivity contribution in [1.29, 1.82) is 0 Å². The lowest BCUT2D eigenvalue weighted by molar-refractivity contribution is 0.0962. The zero-order chi connectivity index (χ0) is 19.9. The van der Waals surface area contributed by atoms with Gasteiger partial charge in [-0.1, -0.05) is 6.07 Å². The summed E-state index contributed by atoms with van der Waals surface area (Å²) >= 11 is 0. The van der Waals surface area contributed by atoms with Gasteiger partial charge in [-0.2, -0.15) is 4.39 Å². The zero-order valence-electron chi connectivity index (χ0n) is 15.6. The van der Waals surface area contributed by atoms with Gasteiger partial charge in [-0.25, -0.2) is 15.0 Å². The summed E-state index contributed by atoms with van der Waals surface area (Å²) < 4.78 is 18.4. The first-order valence-corrected chi connectivity index (χ1v) is 8.67. The number of anilines is 1. The molecule has 0 spiro atoms. The number of nitrogens with one attached hydrogen (secondary N) is 2. The molecular formula is C20H20FN5O2. The van der Waals surface area contributed by atoms with Crippen LogP contribution in [0.25, 0.3) is 11.3 Å². The van der Waals surface area contributed by atoms with E-state index in [2.05, 4.69) is 25.6 Å². The largest absolute Gasteiger partial charge is 0.496 e. The van der Waals surface area contributed by atoms with Crippen LogP contribution in [0.4, 0.5) is 10.2 Å². The van der Waals surface area contributed by atoms with E-state index in [1.165, 1.54) is 18.6 Å². The predicted octanol–water partition coefficient (Wildman–Crippen LogP) is 2.70. The maximum absolute atomic E-state index is 13.0. The van der Waals surface area contributed by atoms with Gasteiger partial charge in [0, 0.05) is 37.0 Å². The highest BCUT2D eigenvalue weighted by atomic mass is 19.1. The molecule has 2 heterocycles. The molecule has 0 atom stereocenters.